The van der Waals surface area contributed by atoms with E-state index in [1.807, 2.05) is 0 Å². The normalized spacial score (nSPS) is 11.4. The van der Waals surface area contributed by atoms with Gasteiger partial charge in [0.05, 0.1) is 32.5 Å². The van der Waals surface area contributed by atoms with Crippen molar-refractivity contribution in [2.75, 3.05) is 10.3 Å². The van der Waals surface area contributed by atoms with Crippen LogP contribution in [-0.4, -0.2) is 36.4 Å². The van der Waals surface area contributed by atoms with Gasteiger partial charge in [0.25, 0.3) is 0 Å². The number of hydrogen-bond donors (Lipinski definition) is 2. The van der Waals surface area contributed by atoms with Crippen molar-refractivity contribution < 1.29 is 53.4 Å². The van der Waals surface area contributed by atoms with Crippen LogP contribution in [0.1, 0.15) is 0 Å². The maximum absolute atomic E-state index is 10.7. The summed E-state index contributed by atoms with van der Waals surface area (Å²) in [5.41, 5.74) is 1.45. The van der Waals surface area contributed by atoms with E-state index in [-0.39, 0.29) is 26.9 Å². The number of para-hydroxylation sites is 2. The van der Waals surface area contributed by atoms with Gasteiger partial charge in [-0.3, -0.25) is 10.4 Å². The molecule has 1 radical (unpaired) electrons. The van der Waals surface area contributed by atoms with E-state index in [1.165, 1.54) is 24.3 Å². The minimum atomic E-state index is -4.48. The Balaban J connectivity index is 0.000000280. The summed E-state index contributed by atoms with van der Waals surface area (Å²) in [6.45, 7) is 0. The molecule has 217 valence electrons. The maximum atomic E-state index is 10.7. The first-order valence-corrected chi connectivity index (χ1v) is 13.8. The fourth-order valence-corrected chi connectivity index (χ4v) is 3.71. The van der Waals surface area contributed by atoms with Crippen molar-refractivity contribution in [3.8, 4) is 0 Å². The molecule has 0 aliphatic heterocycles. The van der Waals surface area contributed by atoms with E-state index in [4.69, 9.17) is 0 Å². The summed E-state index contributed by atoms with van der Waals surface area (Å²) in [5, 5.41) is 34.9. The third kappa shape index (κ3) is 10.8. The zero-order valence-electron chi connectivity index (χ0n) is 20.5. The van der Waals surface area contributed by atoms with Gasteiger partial charge in [0.1, 0.15) is 20.2 Å². The molecule has 17 heteroatoms. The Bertz CT molecular complexity index is 1530. The summed E-state index contributed by atoms with van der Waals surface area (Å²) in [6, 6.07) is 26.8. The van der Waals surface area contributed by atoms with Crippen LogP contribution in [0.15, 0.2) is 140 Å². The molecule has 0 aliphatic carbocycles. The number of hydrogen-bond acceptors (Lipinski definition) is 12. The SMILES string of the molecule is O=S(=O)([O-])c1ccc(N=NN(O)c2ccccc2)cc1.O=S(=O)([O-])c1ccc(N=NN(O)c2ccccc2)cc1.[Cu+2]. The Morgan fingerprint density at radius 1 is 0.512 bits per heavy atom. The van der Waals surface area contributed by atoms with Gasteiger partial charge < -0.3 is 9.11 Å². The molecule has 0 aliphatic rings. The summed E-state index contributed by atoms with van der Waals surface area (Å²) in [5.74, 6) is 0. The summed E-state index contributed by atoms with van der Waals surface area (Å²) in [6.07, 6.45) is 0. The predicted octanol–water partition coefficient (Wildman–Crippen LogP) is 4.97. The molecule has 0 amide bonds. The molecule has 0 saturated carbocycles. The van der Waals surface area contributed by atoms with Gasteiger partial charge in [-0.25, -0.2) is 16.8 Å². The fourth-order valence-electron chi connectivity index (χ4n) is 2.77. The minimum absolute atomic E-state index is 0. The summed E-state index contributed by atoms with van der Waals surface area (Å²) < 4.78 is 64.4. The second-order valence-electron chi connectivity index (χ2n) is 7.52. The van der Waals surface area contributed by atoms with E-state index in [2.05, 4.69) is 20.7 Å². The van der Waals surface area contributed by atoms with E-state index in [1.54, 1.807) is 60.7 Å². The van der Waals surface area contributed by atoms with Crippen LogP contribution in [0.4, 0.5) is 22.7 Å². The Morgan fingerprint density at radius 2 is 0.805 bits per heavy atom. The van der Waals surface area contributed by atoms with Crippen molar-refractivity contribution in [1.29, 1.82) is 0 Å². The van der Waals surface area contributed by atoms with Gasteiger partial charge in [-0.1, -0.05) is 36.4 Å². The summed E-state index contributed by atoms with van der Waals surface area (Å²) in [4.78, 5) is -0.694. The van der Waals surface area contributed by atoms with Gasteiger partial charge in [-0.15, -0.1) is 20.6 Å². The van der Waals surface area contributed by atoms with Crippen molar-refractivity contribution in [2.24, 2.45) is 20.7 Å². The molecule has 41 heavy (non-hydrogen) atoms. The van der Waals surface area contributed by atoms with Crippen LogP contribution in [0.2, 0.25) is 0 Å². The van der Waals surface area contributed by atoms with E-state index < -0.39 is 20.2 Å². The molecule has 14 nitrogen and oxygen atoms in total. The molecule has 4 rings (SSSR count). The van der Waals surface area contributed by atoms with Gasteiger partial charge in [-0.05, 0) is 83.2 Å². The Hall–Kier alpha value is -4.06. The molecule has 2 N–H and O–H groups in total. The molecule has 0 spiro atoms. The number of rotatable bonds is 8. The smallest absolute Gasteiger partial charge is 0.744 e. The van der Waals surface area contributed by atoms with Crippen LogP contribution in [0, 0.1) is 0 Å². The van der Waals surface area contributed by atoms with Gasteiger partial charge in [-0.2, -0.15) is 0 Å². The van der Waals surface area contributed by atoms with E-state index >= 15 is 0 Å². The van der Waals surface area contributed by atoms with Crippen LogP contribution in [0.3, 0.4) is 0 Å². The van der Waals surface area contributed by atoms with Gasteiger partial charge in [0.2, 0.25) is 0 Å². The van der Waals surface area contributed by atoms with Crippen LogP contribution in [-0.2, 0) is 37.3 Å². The third-order valence-electron chi connectivity index (χ3n) is 4.71. The van der Waals surface area contributed by atoms with Crippen molar-refractivity contribution in [2.45, 2.75) is 9.79 Å². The molecule has 0 unspecified atom stereocenters. The molecule has 0 bridgehead atoms. The quantitative estimate of drug-likeness (QED) is 0.113. The van der Waals surface area contributed by atoms with Gasteiger partial charge >= 0.3 is 17.1 Å². The summed E-state index contributed by atoms with van der Waals surface area (Å²) >= 11 is 0. The number of nitrogens with zero attached hydrogens (tertiary/aromatic N) is 6. The Kier molecular flexibility index (Phi) is 12.2. The second kappa shape index (κ2) is 15.1. The molecule has 0 aromatic heterocycles. The first kappa shape index (κ1) is 33.1. The van der Waals surface area contributed by atoms with Crippen molar-refractivity contribution >= 4 is 43.0 Å². The Labute approximate surface area is 245 Å². The topological polar surface area (TPSA) is 211 Å². The average molecular weight is 648 g/mol. The van der Waals surface area contributed by atoms with E-state index in [0.717, 1.165) is 24.3 Å². The van der Waals surface area contributed by atoms with E-state index in [9.17, 15) is 36.4 Å². The minimum Gasteiger partial charge on any atom is -0.744 e. The van der Waals surface area contributed by atoms with Crippen LogP contribution in [0.5, 0.6) is 0 Å². The molecule has 0 saturated heterocycles. The molecular formula is C24H20CuN6O8S2. The zero-order chi connectivity index (χ0) is 29.2. The van der Waals surface area contributed by atoms with Crippen molar-refractivity contribution in [3.05, 3.63) is 109 Å². The van der Waals surface area contributed by atoms with Crippen molar-refractivity contribution in [1.82, 2.24) is 0 Å². The summed E-state index contributed by atoms with van der Waals surface area (Å²) in [7, 11) is -8.95. The standard InChI is InChI=1S/2C12H11N3O4S.Cu/c2*16-15(11-4-2-1-3-5-11)14-13-10-6-8-12(9-7-10)20(17,18)19;/h2*1-9,16H,(H,17,18,19);/q;;+2/p-2. The maximum Gasteiger partial charge on any atom is 2.00 e. The monoisotopic (exact) mass is 647 g/mol. The second-order valence-corrected chi connectivity index (χ2v) is 10.3. The first-order valence-electron chi connectivity index (χ1n) is 11.0. The van der Waals surface area contributed by atoms with E-state index in [0.29, 0.717) is 33.1 Å². The molecule has 0 fully saturated rings. The number of anilines is 2. The zero-order valence-corrected chi connectivity index (χ0v) is 23.1. The van der Waals surface area contributed by atoms with Crippen LogP contribution < -0.4 is 10.3 Å². The Morgan fingerprint density at radius 3 is 1.07 bits per heavy atom. The van der Waals surface area contributed by atoms with Crippen LogP contribution in [0.25, 0.3) is 0 Å². The average Bonchev–Trinajstić information content (AvgIpc) is 2.95. The third-order valence-corrected chi connectivity index (χ3v) is 6.41. The van der Waals surface area contributed by atoms with Crippen molar-refractivity contribution in [3.63, 3.8) is 0 Å². The molecule has 4 aromatic carbocycles. The number of benzene rings is 4. The fraction of sp³-hybridized carbons (Fsp3) is 0. The van der Waals surface area contributed by atoms with Gasteiger partial charge in [0.15, 0.2) is 0 Å². The molecule has 0 heterocycles. The van der Waals surface area contributed by atoms with Crippen LogP contribution >= 0.6 is 0 Å². The molecule has 4 aromatic rings. The molecule has 0 atom stereocenters. The predicted molar refractivity (Wildman–Crippen MR) is 139 cm³/mol. The first-order chi connectivity index (χ1) is 18.9. The molecular weight excluding hydrogens is 628 g/mol. The largest absolute Gasteiger partial charge is 2.00 e. The van der Waals surface area contributed by atoms with Gasteiger partial charge in [0, 0.05) is 0 Å².